The smallest absolute Gasteiger partial charge is 0.315 e. The summed E-state index contributed by atoms with van der Waals surface area (Å²) >= 11 is 0. The Kier molecular flexibility index (Phi) is 4.55. The fraction of sp³-hybridized carbons (Fsp3) is 0.947. The molecule has 22 heavy (non-hydrogen) atoms. The monoisotopic (exact) mass is 308 g/mol. The maximum atomic E-state index is 12.8. The maximum Gasteiger partial charge on any atom is 0.315 e. The van der Waals surface area contributed by atoms with Crippen molar-refractivity contribution in [1.29, 1.82) is 0 Å². The van der Waals surface area contributed by atoms with Gasteiger partial charge in [-0.2, -0.15) is 0 Å². The van der Waals surface area contributed by atoms with Gasteiger partial charge in [0, 0.05) is 0 Å². The van der Waals surface area contributed by atoms with E-state index in [9.17, 15) is 9.90 Å². The first-order valence-corrected chi connectivity index (χ1v) is 9.39. The minimum Gasteiger partial charge on any atom is -0.465 e. The molecule has 0 aromatic rings. The molecule has 126 valence electrons. The van der Waals surface area contributed by atoms with Gasteiger partial charge in [0.25, 0.3) is 0 Å². The lowest BCUT2D eigenvalue weighted by atomic mass is 9.43. The lowest BCUT2D eigenvalue weighted by Gasteiger charge is -2.62. The summed E-state index contributed by atoms with van der Waals surface area (Å²) < 4.78 is 5.64. The minimum atomic E-state index is -0.861. The third-order valence-electron chi connectivity index (χ3n) is 6.81. The molecule has 4 rings (SSSR count). The van der Waals surface area contributed by atoms with Crippen LogP contribution in [0.3, 0.4) is 0 Å². The van der Waals surface area contributed by atoms with Crippen molar-refractivity contribution in [3.05, 3.63) is 0 Å². The van der Waals surface area contributed by atoms with E-state index in [1.54, 1.807) is 0 Å². The molecule has 0 aromatic heterocycles. The Hall–Kier alpha value is -0.570. The van der Waals surface area contributed by atoms with E-state index < -0.39 is 11.0 Å². The fourth-order valence-corrected chi connectivity index (χ4v) is 5.61. The Morgan fingerprint density at radius 1 is 1.09 bits per heavy atom. The first-order chi connectivity index (χ1) is 10.5. The molecule has 4 bridgehead atoms. The highest BCUT2D eigenvalue weighted by Crippen LogP contribution is 2.64. The van der Waals surface area contributed by atoms with Gasteiger partial charge in [-0.05, 0) is 63.2 Å². The molecule has 0 aliphatic heterocycles. The van der Waals surface area contributed by atoms with Gasteiger partial charge in [0.15, 0.2) is 0 Å². The first-order valence-electron chi connectivity index (χ1n) is 9.39. The normalized spacial score (nSPS) is 42.6. The van der Waals surface area contributed by atoms with Gasteiger partial charge in [-0.15, -0.1) is 0 Å². The molecule has 3 atom stereocenters. The molecule has 0 aromatic carbocycles. The summed E-state index contributed by atoms with van der Waals surface area (Å²) in [5.74, 6) is 1.47. The fourth-order valence-electron chi connectivity index (χ4n) is 5.61. The van der Waals surface area contributed by atoms with Crippen LogP contribution in [0, 0.1) is 23.2 Å². The van der Waals surface area contributed by atoms with Crippen LogP contribution in [-0.2, 0) is 9.53 Å². The molecular weight excluding hydrogens is 276 g/mol. The summed E-state index contributed by atoms with van der Waals surface area (Å²) in [5, 5.41) is 11.1. The Labute approximate surface area is 134 Å². The molecule has 3 heteroatoms. The molecule has 4 aliphatic rings. The second-order valence-electron chi connectivity index (χ2n) is 8.32. The topological polar surface area (TPSA) is 46.5 Å². The SMILES string of the molecule is CCCCCCCOC(=O)C12CC3CC(CC(C3)C1(C)O)C2. The van der Waals surface area contributed by atoms with E-state index >= 15 is 0 Å². The van der Waals surface area contributed by atoms with E-state index in [-0.39, 0.29) is 5.97 Å². The van der Waals surface area contributed by atoms with Crippen LogP contribution in [0.1, 0.15) is 78.1 Å². The van der Waals surface area contributed by atoms with Crippen LogP contribution in [0.15, 0.2) is 0 Å². The van der Waals surface area contributed by atoms with Crippen LogP contribution in [-0.4, -0.2) is 23.3 Å². The number of unbranched alkanes of at least 4 members (excludes halogenated alkanes) is 4. The van der Waals surface area contributed by atoms with Crippen LogP contribution in [0.4, 0.5) is 0 Å². The van der Waals surface area contributed by atoms with E-state index in [2.05, 4.69) is 6.92 Å². The Morgan fingerprint density at radius 3 is 2.36 bits per heavy atom. The van der Waals surface area contributed by atoms with Crippen molar-refractivity contribution in [3.63, 3.8) is 0 Å². The predicted octanol–water partition coefficient (Wildman–Crippen LogP) is 4.08. The molecule has 4 aliphatic carbocycles. The number of ether oxygens (including phenoxy) is 1. The van der Waals surface area contributed by atoms with Crippen molar-refractivity contribution in [2.45, 2.75) is 83.7 Å². The number of rotatable bonds is 7. The highest BCUT2D eigenvalue weighted by atomic mass is 16.5. The van der Waals surface area contributed by atoms with E-state index in [4.69, 9.17) is 4.74 Å². The zero-order valence-electron chi connectivity index (χ0n) is 14.3. The van der Waals surface area contributed by atoms with Crippen molar-refractivity contribution in [2.24, 2.45) is 23.2 Å². The van der Waals surface area contributed by atoms with E-state index in [1.807, 2.05) is 6.92 Å². The molecule has 4 saturated carbocycles. The minimum absolute atomic E-state index is 0.105. The second-order valence-corrected chi connectivity index (χ2v) is 8.32. The van der Waals surface area contributed by atoms with Gasteiger partial charge in [-0.25, -0.2) is 0 Å². The molecule has 3 nitrogen and oxygen atoms in total. The summed E-state index contributed by atoms with van der Waals surface area (Å²) in [6.45, 7) is 4.63. The standard InChI is InChI=1S/C19H32O3/c1-3-4-5-6-7-8-22-17(20)19-12-14-9-15(13-19)11-16(10-14)18(19,2)21/h14-16,21H,3-13H2,1-2H3. The molecule has 0 heterocycles. The second kappa shape index (κ2) is 6.14. The molecule has 3 unspecified atom stereocenters. The third kappa shape index (κ3) is 2.60. The number of carbonyl (C=O) groups is 1. The van der Waals surface area contributed by atoms with Gasteiger partial charge < -0.3 is 9.84 Å². The number of esters is 1. The summed E-state index contributed by atoms with van der Waals surface area (Å²) in [6.07, 6.45) is 11.0. The largest absolute Gasteiger partial charge is 0.465 e. The van der Waals surface area contributed by atoms with Crippen LogP contribution in [0.5, 0.6) is 0 Å². The van der Waals surface area contributed by atoms with Crippen molar-refractivity contribution < 1.29 is 14.6 Å². The molecular formula is C19H32O3. The van der Waals surface area contributed by atoms with Crippen LogP contribution >= 0.6 is 0 Å². The molecule has 1 N–H and O–H groups in total. The van der Waals surface area contributed by atoms with Crippen molar-refractivity contribution >= 4 is 5.97 Å². The highest BCUT2D eigenvalue weighted by molar-refractivity contribution is 5.79. The lowest BCUT2D eigenvalue weighted by Crippen LogP contribution is -2.66. The van der Waals surface area contributed by atoms with Crippen LogP contribution in [0.2, 0.25) is 0 Å². The van der Waals surface area contributed by atoms with E-state index in [0.717, 1.165) is 38.5 Å². The summed E-state index contributed by atoms with van der Waals surface area (Å²) in [7, 11) is 0. The summed E-state index contributed by atoms with van der Waals surface area (Å²) in [4.78, 5) is 12.8. The first kappa shape index (κ1) is 16.3. The van der Waals surface area contributed by atoms with Crippen molar-refractivity contribution in [2.75, 3.05) is 6.61 Å². The quantitative estimate of drug-likeness (QED) is 0.569. The summed E-state index contributed by atoms with van der Waals surface area (Å²) in [5.41, 5.74) is -1.47. The molecule has 0 radical (unpaired) electrons. The maximum absolute atomic E-state index is 12.8. The van der Waals surface area contributed by atoms with Gasteiger partial charge in [-0.1, -0.05) is 32.6 Å². The number of hydrogen-bond acceptors (Lipinski definition) is 3. The average Bonchev–Trinajstić information content (AvgIpc) is 2.47. The van der Waals surface area contributed by atoms with Gasteiger partial charge in [-0.3, -0.25) is 4.79 Å². The zero-order valence-corrected chi connectivity index (χ0v) is 14.3. The van der Waals surface area contributed by atoms with Gasteiger partial charge in [0.2, 0.25) is 0 Å². The van der Waals surface area contributed by atoms with E-state index in [0.29, 0.717) is 24.4 Å². The lowest BCUT2D eigenvalue weighted by molar-refractivity contribution is -0.232. The summed E-state index contributed by atoms with van der Waals surface area (Å²) in [6, 6.07) is 0. The van der Waals surface area contributed by atoms with Crippen molar-refractivity contribution in [1.82, 2.24) is 0 Å². The molecule has 0 amide bonds. The van der Waals surface area contributed by atoms with Gasteiger partial charge in [0.1, 0.15) is 0 Å². The van der Waals surface area contributed by atoms with Crippen LogP contribution < -0.4 is 0 Å². The van der Waals surface area contributed by atoms with Gasteiger partial charge in [0.05, 0.1) is 17.6 Å². The Balaban J connectivity index is 1.58. The van der Waals surface area contributed by atoms with Crippen LogP contribution in [0.25, 0.3) is 0 Å². The Bertz CT molecular complexity index is 401. The number of hydrogen-bond donors (Lipinski definition) is 1. The zero-order chi connectivity index (χ0) is 15.8. The van der Waals surface area contributed by atoms with Gasteiger partial charge >= 0.3 is 5.97 Å². The Morgan fingerprint density at radius 2 is 1.73 bits per heavy atom. The molecule has 4 fully saturated rings. The number of carbonyl (C=O) groups excluding carboxylic acids is 1. The highest BCUT2D eigenvalue weighted by Gasteiger charge is 2.67. The molecule has 0 saturated heterocycles. The van der Waals surface area contributed by atoms with E-state index in [1.165, 1.54) is 25.7 Å². The molecule has 0 spiro atoms. The van der Waals surface area contributed by atoms with Crippen molar-refractivity contribution in [3.8, 4) is 0 Å². The number of aliphatic hydroxyl groups is 1. The average molecular weight is 308 g/mol. The predicted molar refractivity (Wildman–Crippen MR) is 86.3 cm³/mol. The third-order valence-corrected chi connectivity index (χ3v) is 6.81.